The lowest BCUT2D eigenvalue weighted by Crippen LogP contribution is -2.52. The molecule has 0 aliphatic carbocycles. The monoisotopic (exact) mass is 310 g/mol. The number of ether oxygens (including phenoxy) is 1. The second kappa shape index (κ2) is 5.32. The van der Waals surface area contributed by atoms with Crippen molar-refractivity contribution in [1.29, 1.82) is 0 Å². The fraction of sp³-hybridized carbons (Fsp3) is 0.500. The molecule has 0 unspecified atom stereocenters. The average Bonchev–Trinajstić information content (AvgIpc) is 2.19. The Morgan fingerprint density at radius 1 is 1.53 bits per heavy atom. The van der Waals surface area contributed by atoms with Gasteiger partial charge in [-0.15, -0.1) is 0 Å². The highest BCUT2D eigenvalue weighted by Gasteiger charge is 2.29. The zero-order valence-corrected chi connectivity index (χ0v) is 10.3. The molecule has 0 radical (unpaired) electrons. The van der Waals surface area contributed by atoms with E-state index in [0.29, 0.717) is 25.2 Å². The summed E-state index contributed by atoms with van der Waals surface area (Å²) in [6.45, 7) is -1.38. The van der Waals surface area contributed by atoms with Gasteiger partial charge in [0.1, 0.15) is 4.60 Å². The zero-order chi connectivity index (χ0) is 12.4. The van der Waals surface area contributed by atoms with Crippen LogP contribution in [0.1, 0.15) is 5.56 Å². The van der Waals surface area contributed by atoms with Crippen LogP contribution in [-0.4, -0.2) is 35.7 Å². The fourth-order valence-corrected chi connectivity index (χ4v) is 1.91. The normalized spacial score (nSPS) is 17.5. The van der Waals surface area contributed by atoms with Gasteiger partial charge < -0.3 is 4.74 Å². The highest BCUT2D eigenvalue weighted by molar-refractivity contribution is 9.10. The molecule has 0 amide bonds. The number of nitrogens with zero attached hydrogens (tertiary/aromatic N) is 2. The van der Waals surface area contributed by atoms with Crippen molar-refractivity contribution in [3.05, 3.63) is 28.2 Å². The Hall–Kier alpha value is -0.660. The molecule has 2 heterocycles. The van der Waals surface area contributed by atoms with Crippen molar-refractivity contribution in [1.82, 2.24) is 9.88 Å². The summed E-state index contributed by atoms with van der Waals surface area (Å²) in [5.41, 5.74) is 0.709. The van der Waals surface area contributed by atoms with Gasteiger partial charge >= 0.3 is 6.61 Å². The smallest absolute Gasteiger partial charge is 0.317 e. The van der Waals surface area contributed by atoms with Crippen molar-refractivity contribution in [2.45, 2.75) is 19.3 Å². The molecule has 1 saturated heterocycles. The van der Waals surface area contributed by atoms with E-state index in [1.807, 2.05) is 4.90 Å². The van der Waals surface area contributed by atoms with Gasteiger partial charge in [0, 0.05) is 25.8 Å². The molecule has 0 atom stereocenters. The number of likely N-dealkylation sites (tertiary alicyclic amines) is 1. The van der Waals surface area contributed by atoms with Gasteiger partial charge in [0.25, 0.3) is 0 Å². The summed E-state index contributed by atoms with van der Waals surface area (Å²) in [5, 5.41) is 0. The molecule has 0 aromatic carbocycles. The van der Waals surface area contributed by atoms with Crippen LogP contribution in [0.25, 0.3) is 0 Å². The van der Waals surface area contributed by atoms with Crippen molar-refractivity contribution >= 4 is 15.9 Å². The Kier molecular flexibility index (Phi) is 4.01. The van der Waals surface area contributed by atoms with Crippen molar-refractivity contribution in [2.75, 3.05) is 13.1 Å². The Labute approximate surface area is 105 Å². The van der Waals surface area contributed by atoms with Crippen LogP contribution < -0.4 is 0 Å². The van der Waals surface area contributed by atoms with Gasteiger partial charge in [-0.3, -0.25) is 4.90 Å². The Balaban J connectivity index is 1.81. The van der Waals surface area contributed by atoms with E-state index < -0.39 is 18.5 Å². The second-order valence-corrected chi connectivity index (χ2v) is 4.58. The molecule has 0 bridgehead atoms. The summed E-state index contributed by atoms with van der Waals surface area (Å²) in [7, 11) is 0. The third-order valence-electron chi connectivity index (χ3n) is 2.48. The highest BCUT2D eigenvalue weighted by Crippen LogP contribution is 2.19. The van der Waals surface area contributed by atoms with Crippen molar-refractivity contribution in [2.24, 2.45) is 0 Å². The standard InChI is InChI=1S/C10H10BrF3N2O/c11-9-8(12)1-6(2-15-9)3-16-4-7(5-16)17-10(13)14/h1-2,7,10H,3-5H2. The van der Waals surface area contributed by atoms with Gasteiger partial charge in [-0.2, -0.15) is 8.78 Å². The van der Waals surface area contributed by atoms with Gasteiger partial charge in [-0.25, -0.2) is 9.37 Å². The first-order chi connectivity index (χ1) is 8.04. The number of alkyl halides is 2. The summed E-state index contributed by atoms with van der Waals surface area (Å²) in [6, 6.07) is 1.37. The third-order valence-corrected chi connectivity index (χ3v) is 3.06. The van der Waals surface area contributed by atoms with Crippen LogP contribution in [0.3, 0.4) is 0 Å². The predicted octanol–water partition coefficient (Wildman–Crippen LogP) is 2.41. The second-order valence-electron chi connectivity index (χ2n) is 3.83. The Morgan fingerprint density at radius 3 is 2.82 bits per heavy atom. The quantitative estimate of drug-likeness (QED) is 0.799. The number of aromatic nitrogens is 1. The van der Waals surface area contributed by atoms with Crippen LogP contribution in [0.4, 0.5) is 13.2 Å². The summed E-state index contributed by atoms with van der Waals surface area (Å²) < 4.78 is 41.3. The van der Waals surface area contributed by atoms with Gasteiger partial charge in [-0.1, -0.05) is 0 Å². The summed E-state index contributed by atoms with van der Waals surface area (Å²) in [5.74, 6) is -0.427. The maximum Gasteiger partial charge on any atom is 0.345 e. The Bertz CT molecular complexity index is 399. The third kappa shape index (κ3) is 3.40. The minimum Gasteiger partial charge on any atom is -0.317 e. The van der Waals surface area contributed by atoms with Gasteiger partial charge in [0.15, 0.2) is 5.82 Å². The topological polar surface area (TPSA) is 25.4 Å². The number of hydrogen-bond acceptors (Lipinski definition) is 3. The summed E-state index contributed by atoms with van der Waals surface area (Å²) >= 11 is 2.96. The first kappa shape index (κ1) is 12.8. The molecule has 0 saturated carbocycles. The number of halogens is 4. The van der Waals surface area contributed by atoms with E-state index >= 15 is 0 Å². The maximum atomic E-state index is 13.1. The zero-order valence-electron chi connectivity index (χ0n) is 8.75. The van der Waals surface area contributed by atoms with E-state index in [1.54, 1.807) is 6.20 Å². The van der Waals surface area contributed by atoms with Crippen LogP contribution in [0.5, 0.6) is 0 Å². The molecule has 1 fully saturated rings. The number of hydrogen-bond donors (Lipinski definition) is 0. The highest BCUT2D eigenvalue weighted by atomic mass is 79.9. The largest absolute Gasteiger partial charge is 0.345 e. The molecular weight excluding hydrogens is 301 g/mol. The molecule has 1 aliphatic heterocycles. The molecule has 1 aromatic heterocycles. The fourth-order valence-electron chi connectivity index (χ4n) is 1.69. The summed E-state index contributed by atoms with van der Waals surface area (Å²) in [4.78, 5) is 5.71. The molecular formula is C10H10BrF3N2O. The number of rotatable bonds is 4. The van der Waals surface area contributed by atoms with E-state index in [0.717, 1.165) is 0 Å². The molecule has 7 heteroatoms. The molecule has 1 aromatic rings. The van der Waals surface area contributed by atoms with Crippen LogP contribution in [0, 0.1) is 5.82 Å². The molecule has 0 N–H and O–H groups in total. The predicted molar refractivity (Wildman–Crippen MR) is 58.0 cm³/mol. The van der Waals surface area contributed by atoms with Crippen LogP contribution in [0.15, 0.2) is 16.9 Å². The molecule has 17 heavy (non-hydrogen) atoms. The SMILES string of the molecule is Fc1cc(CN2CC(OC(F)F)C2)cnc1Br. The summed E-state index contributed by atoms with van der Waals surface area (Å²) in [6.07, 6.45) is 1.12. The molecule has 2 rings (SSSR count). The van der Waals surface area contributed by atoms with E-state index in [9.17, 15) is 13.2 Å². The van der Waals surface area contributed by atoms with Crippen LogP contribution in [-0.2, 0) is 11.3 Å². The molecule has 1 aliphatic rings. The van der Waals surface area contributed by atoms with E-state index in [-0.39, 0.29) is 4.60 Å². The maximum absolute atomic E-state index is 13.1. The molecule has 0 spiro atoms. The van der Waals surface area contributed by atoms with E-state index in [2.05, 4.69) is 25.7 Å². The van der Waals surface area contributed by atoms with Crippen molar-refractivity contribution in [3.8, 4) is 0 Å². The van der Waals surface area contributed by atoms with Crippen molar-refractivity contribution < 1.29 is 17.9 Å². The minimum absolute atomic E-state index is 0.170. The molecule has 3 nitrogen and oxygen atoms in total. The first-order valence-electron chi connectivity index (χ1n) is 5.00. The van der Waals surface area contributed by atoms with Crippen molar-refractivity contribution in [3.63, 3.8) is 0 Å². The lowest BCUT2D eigenvalue weighted by Gasteiger charge is -2.38. The van der Waals surface area contributed by atoms with Crippen LogP contribution >= 0.6 is 15.9 Å². The average molecular weight is 311 g/mol. The molecule has 94 valence electrons. The lowest BCUT2D eigenvalue weighted by atomic mass is 10.1. The lowest BCUT2D eigenvalue weighted by molar-refractivity contribution is -0.197. The minimum atomic E-state index is -2.73. The van der Waals surface area contributed by atoms with E-state index in [1.165, 1.54) is 6.07 Å². The number of pyridine rings is 1. The van der Waals surface area contributed by atoms with Crippen LogP contribution in [0.2, 0.25) is 0 Å². The van der Waals surface area contributed by atoms with Gasteiger partial charge in [0.2, 0.25) is 0 Å². The Morgan fingerprint density at radius 2 is 2.24 bits per heavy atom. The first-order valence-corrected chi connectivity index (χ1v) is 5.80. The van der Waals surface area contributed by atoms with Gasteiger partial charge in [0.05, 0.1) is 6.10 Å². The van der Waals surface area contributed by atoms with E-state index in [4.69, 9.17) is 0 Å². The van der Waals surface area contributed by atoms with Gasteiger partial charge in [-0.05, 0) is 27.6 Å².